The Kier molecular flexibility index (Phi) is 2.33. The maximum atomic E-state index is 10.9. The first-order valence-electron chi connectivity index (χ1n) is 4.76. The van der Waals surface area contributed by atoms with Crippen molar-refractivity contribution in [3.05, 3.63) is 35.7 Å². The minimum absolute atomic E-state index is 0.411. The smallest absolute Gasteiger partial charge is 0.250 e. The standard InChI is InChI=1S/C11H11N3O/c1-2-9-4-3-7-5-8(10(12)15)6-13-11(7)14-9/h3-6H,2H2,1H3,(H2,12,15). The van der Waals surface area contributed by atoms with Crippen LogP contribution in [0.1, 0.15) is 23.0 Å². The van der Waals surface area contributed by atoms with Gasteiger partial charge in [0.05, 0.1) is 5.56 Å². The number of primary amides is 1. The van der Waals surface area contributed by atoms with Gasteiger partial charge in [-0.1, -0.05) is 6.92 Å². The second kappa shape index (κ2) is 3.65. The van der Waals surface area contributed by atoms with Gasteiger partial charge in [-0.25, -0.2) is 9.97 Å². The molecule has 4 nitrogen and oxygen atoms in total. The fraction of sp³-hybridized carbons (Fsp3) is 0.182. The predicted octanol–water partition coefficient (Wildman–Crippen LogP) is 1.29. The largest absolute Gasteiger partial charge is 0.366 e. The lowest BCUT2D eigenvalue weighted by Gasteiger charge is -2.01. The van der Waals surface area contributed by atoms with Crippen molar-refractivity contribution < 1.29 is 4.79 Å². The van der Waals surface area contributed by atoms with Crippen LogP contribution in [0, 0.1) is 0 Å². The van der Waals surface area contributed by atoms with E-state index in [4.69, 9.17) is 5.73 Å². The average Bonchev–Trinajstić information content (AvgIpc) is 2.27. The second-order valence-corrected chi connectivity index (χ2v) is 3.29. The highest BCUT2D eigenvalue weighted by Gasteiger charge is 2.03. The molecule has 0 unspecified atom stereocenters. The first kappa shape index (κ1) is 9.58. The maximum Gasteiger partial charge on any atom is 0.250 e. The Balaban J connectivity index is 2.59. The van der Waals surface area contributed by atoms with Crippen LogP contribution in [0.15, 0.2) is 24.4 Å². The first-order valence-corrected chi connectivity index (χ1v) is 4.76. The Hall–Kier alpha value is -1.97. The Morgan fingerprint density at radius 3 is 2.93 bits per heavy atom. The van der Waals surface area contributed by atoms with Crippen LogP contribution >= 0.6 is 0 Å². The number of fused-ring (bicyclic) bond motifs is 1. The summed E-state index contributed by atoms with van der Waals surface area (Å²) in [6.07, 6.45) is 2.33. The van der Waals surface area contributed by atoms with Crippen molar-refractivity contribution in [3.8, 4) is 0 Å². The zero-order chi connectivity index (χ0) is 10.8. The number of aromatic nitrogens is 2. The number of rotatable bonds is 2. The molecule has 1 amide bonds. The van der Waals surface area contributed by atoms with Gasteiger partial charge in [0.25, 0.3) is 0 Å². The van der Waals surface area contributed by atoms with Gasteiger partial charge in [-0.2, -0.15) is 0 Å². The summed E-state index contributed by atoms with van der Waals surface area (Å²) in [5, 5.41) is 0.837. The summed E-state index contributed by atoms with van der Waals surface area (Å²) >= 11 is 0. The summed E-state index contributed by atoms with van der Waals surface area (Å²) < 4.78 is 0. The summed E-state index contributed by atoms with van der Waals surface area (Å²) in [6.45, 7) is 2.03. The minimum atomic E-state index is -0.469. The molecule has 2 N–H and O–H groups in total. The molecular formula is C11H11N3O. The van der Waals surface area contributed by atoms with Crippen LogP contribution in [0.5, 0.6) is 0 Å². The zero-order valence-corrected chi connectivity index (χ0v) is 8.40. The van der Waals surface area contributed by atoms with Crippen LogP contribution in [0.2, 0.25) is 0 Å². The third kappa shape index (κ3) is 1.79. The third-order valence-electron chi connectivity index (χ3n) is 2.25. The van der Waals surface area contributed by atoms with E-state index in [1.54, 1.807) is 6.07 Å². The molecule has 0 fully saturated rings. The number of pyridine rings is 2. The molecule has 0 bridgehead atoms. The molecule has 0 aromatic carbocycles. The summed E-state index contributed by atoms with van der Waals surface area (Å²) in [4.78, 5) is 19.4. The van der Waals surface area contributed by atoms with Crippen molar-refractivity contribution in [2.24, 2.45) is 5.73 Å². The van der Waals surface area contributed by atoms with Crippen molar-refractivity contribution in [1.82, 2.24) is 9.97 Å². The number of hydrogen-bond donors (Lipinski definition) is 1. The molecule has 0 radical (unpaired) electrons. The van der Waals surface area contributed by atoms with E-state index in [2.05, 4.69) is 9.97 Å². The Morgan fingerprint density at radius 2 is 2.27 bits per heavy atom. The van der Waals surface area contributed by atoms with Crippen LogP contribution in [0.25, 0.3) is 11.0 Å². The molecule has 2 aromatic rings. The lowest BCUT2D eigenvalue weighted by molar-refractivity contribution is 0.1000. The SMILES string of the molecule is CCc1ccc2cc(C(N)=O)cnc2n1. The van der Waals surface area contributed by atoms with Crippen LogP contribution in [0.4, 0.5) is 0 Å². The van der Waals surface area contributed by atoms with Crippen LogP contribution in [0.3, 0.4) is 0 Å². The highest BCUT2D eigenvalue weighted by Crippen LogP contribution is 2.12. The topological polar surface area (TPSA) is 68.9 Å². The summed E-state index contributed by atoms with van der Waals surface area (Å²) in [6, 6.07) is 5.53. The highest BCUT2D eigenvalue weighted by molar-refractivity contribution is 5.95. The van der Waals surface area contributed by atoms with Crippen molar-refractivity contribution in [2.45, 2.75) is 13.3 Å². The Bertz CT molecular complexity index is 522. The fourth-order valence-corrected chi connectivity index (χ4v) is 1.38. The van der Waals surface area contributed by atoms with Crippen molar-refractivity contribution in [3.63, 3.8) is 0 Å². The summed E-state index contributed by atoms with van der Waals surface area (Å²) in [7, 11) is 0. The van der Waals surface area contributed by atoms with Crippen molar-refractivity contribution in [2.75, 3.05) is 0 Å². The Morgan fingerprint density at radius 1 is 1.47 bits per heavy atom. The lowest BCUT2D eigenvalue weighted by Crippen LogP contribution is -2.11. The number of carbonyl (C=O) groups is 1. The summed E-state index contributed by atoms with van der Waals surface area (Å²) in [5.41, 5.74) is 7.21. The molecular weight excluding hydrogens is 190 g/mol. The van der Waals surface area contributed by atoms with Gasteiger partial charge in [0.2, 0.25) is 5.91 Å². The number of nitrogens with two attached hydrogens (primary N) is 1. The highest BCUT2D eigenvalue weighted by atomic mass is 16.1. The molecule has 0 aliphatic rings. The molecule has 76 valence electrons. The molecule has 0 saturated carbocycles. The molecule has 0 saturated heterocycles. The normalized spacial score (nSPS) is 10.5. The molecule has 2 rings (SSSR count). The van der Waals surface area contributed by atoms with Gasteiger partial charge >= 0.3 is 0 Å². The lowest BCUT2D eigenvalue weighted by atomic mass is 10.2. The molecule has 2 heterocycles. The number of amides is 1. The van der Waals surface area contributed by atoms with Gasteiger partial charge in [0.15, 0.2) is 5.65 Å². The summed E-state index contributed by atoms with van der Waals surface area (Å²) in [5.74, 6) is -0.469. The van der Waals surface area contributed by atoms with Gasteiger partial charge < -0.3 is 5.73 Å². The monoisotopic (exact) mass is 201 g/mol. The van der Waals surface area contributed by atoms with E-state index >= 15 is 0 Å². The molecule has 0 atom stereocenters. The molecule has 4 heteroatoms. The molecule has 15 heavy (non-hydrogen) atoms. The second-order valence-electron chi connectivity index (χ2n) is 3.29. The van der Waals surface area contributed by atoms with E-state index in [0.717, 1.165) is 17.5 Å². The molecule has 0 aliphatic carbocycles. The first-order chi connectivity index (χ1) is 7.20. The van der Waals surface area contributed by atoms with E-state index in [1.807, 2.05) is 19.1 Å². The third-order valence-corrected chi connectivity index (χ3v) is 2.25. The number of carbonyl (C=O) groups excluding carboxylic acids is 1. The van der Waals surface area contributed by atoms with Crippen LogP contribution in [-0.2, 0) is 6.42 Å². The number of nitrogens with zero attached hydrogens (tertiary/aromatic N) is 2. The van der Waals surface area contributed by atoms with Gasteiger partial charge in [0.1, 0.15) is 0 Å². The van der Waals surface area contributed by atoms with E-state index in [1.165, 1.54) is 6.20 Å². The average molecular weight is 201 g/mol. The van der Waals surface area contributed by atoms with Gasteiger partial charge in [-0.15, -0.1) is 0 Å². The fourth-order valence-electron chi connectivity index (χ4n) is 1.38. The van der Waals surface area contributed by atoms with E-state index in [-0.39, 0.29) is 0 Å². The quantitative estimate of drug-likeness (QED) is 0.796. The van der Waals surface area contributed by atoms with E-state index in [0.29, 0.717) is 11.2 Å². The van der Waals surface area contributed by atoms with Crippen molar-refractivity contribution in [1.29, 1.82) is 0 Å². The molecule has 0 aliphatic heterocycles. The van der Waals surface area contributed by atoms with E-state index < -0.39 is 5.91 Å². The van der Waals surface area contributed by atoms with Gasteiger partial charge in [0, 0.05) is 17.3 Å². The molecule has 0 spiro atoms. The van der Waals surface area contributed by atoms with Gasteiger partial charge in [-0.05, 0) is 24.6 Å². The maximum absolute atomic E-state index is 10.9. The zero-order valence-electron chi connectivity index (χ0n) is 8.40. The van der Waals surface area contributed by atoms with E-state index in [9.17, 15) is 4.79 Å². The van der Waals surface area contributed by atoms with Crippen LogP contribution in [-0.4, -0.2) is 15.9 Å². The van der Waals surface area contributed by atoms with Gasteiger partial charge in [-0.3, -0.25) is 4.79 Å². The Labute approximate surface area is 87.1 Å². The van der Waals surface area contributed by atoms with Crippen LogP contribution < -0.4 is 5.73 Å². The minimum Gasteiger partial charge on any atom is -0.366 e. The molecule has 2 aromatic heterocycles. The number of hydrogen-bond acceptors (Lipinski definition) is 3. The van der Waals surface area contributed by atoms with Crippen molar-refractivity contribution >= 4 is 16.9 Å². The number of aryl methyl sites for hydroxylation is 1. The predicted molar refractivity (Wildman–Crippen MR) is 57.4 cm³/mol.